The standard InChI is InChI=1S/C8H4FN3O2/c9-8-5-2-1-3-6(12(13)14)7(5)10-4-11-8/h1-4H. The molecule has 0 N–H and O–H groups in total. The van der Waals surface area contributed by atoms with Crippen molar-refractivity contribution in [3.8, 4) is 0 Å². The summed E-state index contributed by atoms with van der Waals surface area (Å²) < 4.78 is 13.1. The second kappa shape index (κ2) is 2.99. The van der Waals surface area contributed by atoms with Gasteiger partial charge in [0.1, 0.15) is 6.33 Å². The molecule has 0 aliphatic heterocycles. The van der Waals surface area contributed by atoms with Crippen LogP contribution in [0.1, 0.15) is 0 Å². The Hall–Kier alpha value is -2.11. The van der Waals surface area contributed by atoms with E-state index in [1.807, 2.05) is 0 Å². The van der Waals surface area contributed by atoms with E-state index in [4.69, 9.17) is 0 Å². The molecule has 0 amide bonds. The molecule has 1 heterocycles. The SMILES string of the molecule is O=[N+]([O-])c1cccc2c(F)ncnc12. The van der Waals surface area contributed by atoms with Gasteiger partial charge in [-0.05, 0) is 6.07 Å². The Kier molecular flexibility index (Phi) is 1.81. The van der Waals surface area contributed by atoms with Gasteiger partial charge in [-0.1, -0.05) is 6.07 Å². The first-order valence-electron chi connectivity index (χ1n) is 3.74. The lowest BCUT2D eigenvalue weighted by atomic mass is 10.2. The highest BCUT2D eigenvalue weighted by Gasteiger charge is 2.14. The second-order valence-electron chi connectivity index (χ2n) is 2.59. The van der Waals surface area contributed by atoms with E-state index in [1.165, 1.54) is 18.2 Å². The van der Waals surface area contributed by atoms with Gasteiger partial charge in [-0.3, -0.25) is 10.1 Å². The molecule has 1 aromatic heterocycles. The molecule has 0 aliphatic carbocycles. The molecule has 0 aliphatic rings. The Balaban J connectivity index is 2.88. The van der Waals surface area contributed by atoms with Crippen LogP contribution in [-0.4, -0.2) is 14.9 Å². The average molecular weight is 193 g/mol. The molecule has 0 spiro atoms. The van der Waals surface area contributed by atoms with Crippen molar-refractivity contribution in [2.75, 3.05) is 0 Å². The Morgan fingerprint density at radius 3 is 2.86 bits per heavy atom. The first-order chi connectivity index (χ1) is 6.70. The van der Waals surface area contributed by atoms with Crippen LogP contribution in [0.15, 0.2) is 24.5 Å². The van der Waals surface area contributed by atoms with Crippen molar-refractivity contribution in [3.05, 3.63) is 40.6 Å². The highest BCUT2D eigenvalue weighted by molar-refractivity contribution is 5.86. The zero-order chi connectivity index (χ0) is 10.1. The number of aromatic nitrogens is 2. The summed E-state index contributed by atoms with van der Waals surface area (Å²) in [5.41, 5.74) is -0.200. The topological polar surface area (TPSA) is 68.9 Å². The molecule has 0 radical (unpaired) electrons. The number of nitro benzene ring substituents is 1. The predicted octanol–water partition coefficient (Wildman–Crippen LogP) is 1.68. The maximum Gasteiger partial charge on any atom is 0.295 e. The number of fused-ring (bicyclic) bond motifs is 1. The first-order valence-corrected chi connectivity index (χ1v) is 3.74. The molecule has 0 unspecified atom stereocenters. The van der Waals surface area contributed by atoms with Crippen molar-refractivity contribution in [2.45, 2.75) is 0 Å². The highest BCUT2D eigenvalue weighted by atomic mass is 19.1. The van der Waals surface area contributed by atoms with Gasteiger partial charge in [-0.25, -0.2) is 9.97 Å². The van der Waals surface area contributed by atoms with E-state index in [-0.39, 0.29) is 16.6 Å². The van der Waals surface area contributed by atoms with Crippen molar-refractivity contribution < 1.29 is 9.31 Å². The van der Waals surface area contributed by atoms with Crippen molar-refractivity contribution in [3.63, 3.8) is 0 Å². The molecule has 14 heavy (non-hydrogen) atoms. The van der Waals surface area contributed by atoms with Gasteiger partial charge in [0.15, 0.2) is 5.52 Å². The molecular weight excluding hydrogens is 189 g/mol. The van der Waals surface area contributed by atoms with Crippen molar-refractivity contribution in [1.82, 2.24) is 9.97 Å². The van der Waals surface area contributed by atoms with Crippen LogP contribution in [0.25, 0.3) is 10.9 Å². The van der Waals surface area contributed by atoms with E-state index < -0.39 is 10.9 Å². The van der Waals surface area contributed by atoms with Gasteiger partial charge >= 0.3 is 0 Å². The molecular formula is C8H4FN3O2. The van der Waals surface area contributed by atoms with E-state index >= 15 is 0 Å². The lowest BCUT2D eigenvalue weighted by Crippen LogP contribution is -1.94. The molecule has 1 aromatic carbocycles. The van der Waals surface area contributed by atoms with Gasteiger partial charge in [0.2, 0.25) is 5.95 Å². The molecule has 2 aromatic rings. The van der Waals surface area contributed by atoms with E-state index in [2.05, 4.69) is 9.97 Å². The third-order valence-electron chi connectivity index (χ3n) is 1.79. The van der Waals surface area contributed by atoms with E-state index in [0.717, 1.165) is 6.33 Å². The third kappa shape index (κ3) is 1.17. The first kappa shape index (κ1) is 8.49. The van der Waals surface area contributed by atoms with Gasteiger partial charge in [-0.15, -0.1) is 0 Å². The molecule has 0 saturated heterocycles. The van der Waals surface area contributed by atoms with Crippen LogP contribution in [0.2, 0.25) is 0 Å². The molecule has 6 heteroatoms. The van der Waals surface area contributed by atoms with Crippen LogP contribution < -0.4 is 0 Å². The smallest absolute Gasteiger partial charge is 0.258 e. The summed E-state index contributed by atoms with van der Waals surface area (Å²) in [5, 5.41) is 10.6. The zero-order valence-electron chi connectivity index (χ0n) is 6.85. The van der Waals surface area contributed by atoms with Crippen LogP contribution in [0, 0.1) is 16.1 Å². The largest absolute Gasteiger partial charge is 0.295 e. The summed E-state index contributed by atoms with van der Waals surface area (Å²) >= 11 is 0. The molecule has 0 fully saturated rings. The molecule has 0 bridgehead atoms. The van der Waals surface area contributed by atoms with E-state index in [1.54, 1.807) is 0 Å². The predicted molar refractivity (Wildman–Crippen MR) is 46.2 cm³/mol. The minimum Gasteiger partial charge on any atom is -0.258 e. The minimum atomic E-state index is -0.751. The maximum atomic E-state index is 13.1. The normalized spacial score (nSPS) is 10.4. The van der Waals surface area contributed by atoms with E-state index in [0.29, 0.717) is 0 Å². The summed E-state index contributed by atoms with van der Waals surface area (Å²) in [6.45, 7) is 0. The van der Waals surface area contributed by atoms with E-state index in [9.17, 15) is 14.5 Å². The highest BCUT2D eigenvalue weighted by Crippen LogP contribution is 2.23. The zero-order valence-corrected chi connectivity index (χ0v) is 6.85. The van der Waals surface area contributed by atoms with Gasteiger partial charge in [-0.2, -0.15) is 4.39 Å². The Morgan fingerprint density at radius 1 is 1.36 bits per heavy atom. The maximum absolute atomic E-state index is 13.1. The summed E-state index contributed by atoms with van der Waals surface area (Å²) in [5.74, 6) is -0.751. The number of nitrogens with zero attached hydrogens (tertiary/aromatic N) is 3. The number of nitro groups is 1. The number of non-ortho nitro benzene ring substituents is 1. The molecule has 5 nitrogen and oxygen atoms in total. The van der Waals surface area contributed by atoms with Crippen LogP contribution in [0.3, 0.4) is 0 Å². The van der Waals surface area contributed by atoms with Gasteiger partial charge in [0.05, 0.1) is 10.3 Å². The summed E-state index contributed by atoms with van der Waals surface area (Å²) in [6.07, 6.45) is 0.963. The fourth-order valence-electron chi connectivity index (χ4n) is 1.19. The van der Waals surface area contributed by atoms with Crippen molar-refractivity contribution in [2.24, 2.45) is 0 Å². The summed E-state index contributed by atoms with van der Waals surface area (Å²) in [7, 11) is 0. The Labute approximate surface area is 77.4 Å². The van der Waals surface area contributed by atoms with Gasteiger partial charge in [0.25, 0.3) is 5.69 Å². The van der Waals surface area contributed by atoms with Crippen molar-refractivity contribution in [1.29, 1.82) is 0 Å². The van der Waals surface area contributed by atoms with Crippen LogP contribution >= 0.6 is 0 Å². The lowest BCUT2D eigenvalue weighted by molar-refractivity contribution is -0.383. The quantitative estimate of drug-likeness (QED) is 0.392. The number of para-hydroxylation sites is 1. The molecule has 2 rings (SSSR count). The molecule has 0 saturated carbocycles. The fourth-order valence-corrected chi connectivity index (χ4v) is 1.19. The van der Waals surface area contributed by atoms with Crippen LogP contribution in [0.5, 0.6) is 0 Å². The molecule has 0 atom stereocenters. The third-order valence-corrected chi connectivity index (χ3v) is 1.79. The number of hydrogen-bond acceptors (Lipinski definition) is 4. The van der Waals surface area contributed by atoms with Crippen molar-refractivity contribution >= 4 is 16.6 Å². The average Bonchev–Trinajstić information content (AvgIpc) is 2.17. The monoisotopic (exact) mass is 193 g/mol. The lowest BCUT2D eigenvalue weighted by Gasteiger charge is -1.97. The van der Waals surface area contributed by atoms with Gasteiger partial charge < -0.3 is 0 Å². The summed E-state index contributed by atoms with van der Waals surface area (Å²) in [6, 6.07) is 4.07. The Bertz CT molecular complexity index is 515. The minimum absolute atomic E-state index is 0.0185. The van der Waals surface area contributed by atoms with Gasteiger partial charge in [0, 0.05) is 6.07 Å². The number of rotatable bonds is 1. The molecule has 70 valence electrons. The van der Waals surface area contributed by atoms with Crippen LogP contribution in [-0.2, 0) is 0 Å². The number of halogens is 1. The Morgan fingerprint density at radius 2 is 2.14 bits per heavy atom. The number of benzene rings is 1. The van der Waals surface area contributed by atoms with Crippen LogP contribution in [0.4, 0.5) is 10.1 Å². The number of hydrogen-bond donors (Lipinski definition) is 0. The fraction of sp³-hybridized carbons (Fsp3) is 0. The summed E-state index contributed by atoms with van der Waals surface area (Å²) in [4.78, 5) is 16.9. The second-order valence-corrected chi connectivity index (χ2v) is 2.59.